The molecule has 1 aromatic carbocycles. The van der Waals surface area contributed by atoms with Crippen LogP contribution in [0.5, 0.6) is 11.6 Å². The molecule has 26 heavy (non-hydrogen) atoms. The van der Waals surface area contributed by atoms with Crippen LogP contribution in [0.1, 0.15) is 18.2 Å². The Morgan fingerprint density at radius 3 is 2.50 bits per heavy atom. The van der Waals surface area contributed by atoms with E-state index in [1.165, 1.54) is 12.5 Å². The zero-order valence-corrected chi connectivity index (χ0v) is 16.1. The van der Waals surface area contributed by atoms with Crippen molar-refractivity contribution in [3.05, 3.63) is 69.2 Å². The Hall–Kier alpha value is -2.08. The molecule has 8 heteroatoms. The molecular weight excluding hydrogens is 395 g/mol. The summed E-state index contributed by atoms with van der Waals surface area (Å²) in [4.78, 5) is 12.4. The van der Waals surface area contributed by atoms with Crippen LogP contribution in [0.2, 0.25) is 15.1 Å². The average Bonchev–Trinajstić information content (AvgIpc) is 2.64. The largest absolute Gasteiger partial charge is 0.438 e. The van der Waals surface area contributed by atoms with E-state index in [1.54, 1.807) is 6.07 Å². The Morgan fingerprint density at radius 1 is 1.04 bits per heavy atom. The van der Waals surface area contributed by atoms with Crippen molar-refractivity contribution in [2.45, 2.75) is 19.9 Å². The van der Waals surface area contributed by atoms with Crippen LogP contribution < -0.4 is 10.1 Å². The highest BCUT2D eigenvalue weighted by Gasteiger charge is 2.08. The molecule has 0 unspecified atom stereocenters. The van der Waals surface area contributed by atoms with Crippen LogP contribution >= 0.6 is 34.8 Å². The fourth-order valence-corrected chi connectivity index (χ4v) is 2.94. The van der Waals surface area contributed by atoms with Crippen molar-refractivity contribution < 1.29 is 4.74 Å². The second-order valence-corrected chi connectivity index (χ2v) is 6.60. The fraction of sp³-hybridized carbons (Fsp3) is 0.167. The van der Waals surface area contributed by atoms with Gasteiger partial charge in [0, 0.05) is 12.7 Å². The van der Waals surface area contributed by atoms with E-state index in [0.717, 1.165) is 17.7 Å². The van der Waals surface area contributed by atoms with Gasteiger partial charge in [0.25, 0.3) is 0 Å². The Bertz CT molecular complexity index is 903. The van der Waals surface area contributed by atoms with Crippen LogP contribution in [0.15, 0.2) is 42.9 Å². The Morgan fingerprint density at radius 2 is 1.81 bits per heavy atom. The molecule has 2 heterocycles. The molecule has 2 aromatic heterocycles. The number of nitrogens with zero attached hydrogens (tertiary/aromatic N) is 3. The number of hydrogen-bond donors (Lipinski definition) is 1. The summed E-state index contributed by atoms with van der Waals surface area (Å²) in [5, 5.41) is 4.58. The third-order valence-electron chi connectivity index (χ3n) is 3.57. The third-order valence-corrected chi connectivity index (χ3v) is 4.44. The smallest absolute Gasteiger partial charge is 0.238 e. The van der Waals surface area contributed by atoms with Gasteiger partial charge in [-0.3, -0.25) is 0 Å². The molecule has 1 N–H and O–H groups in total. The van der Waals surface area contributed by atoms with Crippen LogP contribution in [-0.4, -0.2) is 15.0 Å². The lowest BCUT2D eigenvalue weighted by Crippen LogP contribution is -2.04. The highest BCUT2D eigenvalue weighted by Crippen LogP contribution is 2.29. The molecule has 0 radical (unpaired) electrons. The molecule has 3 rings (SSSR count). The van der Waals surface area contributed by atoms with Gasteiger partial charge in [-0.15, -0.1) is 0 Å². The zero-order valence-electron chi connectivity index (χ0n) is 13.8. The molecule has 0 amide bonds. The van der Waals surface area contributed by atoms with Crippen molar-refractivity contribution in [3.8, 4) is 11.6 Å². The Balaban J connectivity index is 1.65. The molecule has 0 saturated heterocycles. The summed E-state index contributed by atoms with van der Waals surface area (Å²) in [5.41, 5.74) is 1.86. The van der Waals surface area contributed by atoms with Gasteiger partial charge in [0.05, 0.1) is 10.7 Å². The van der Waals surface area contributed by atoms with Crippen molar-refractivity contribution in [2.75, 3.05) is 5.32 Å². The van der Waals surface area contributed by atoms with Crippen molar-refractivity contribution in [3.63, 3.8) is 0 Å². The molecule has 134 valence electrons. The number of aromatic nitrogens is 3. The van der Waals surface area contributed by atoms with Gasteiger partial charge in [0.2, 0.25) is 5.88 Å². The molecule has 5 nitrogen and oxygen atoms in total. The lowest BCUT2D eigenvalue weighted by molar-refractivity contribution is 0.463. The minimum atomic E-state index is 0.307. The summed E-state index contributed by atoms with van der Waals surface area (Å²) >= 11 is 18.2. The Labute approximate surface area is 166 Å². The quantitative estimate of drug-likeness (QED) is 0.557. The average molecular weight is 410 g/mol. The highest BCUT2D eigenvalue weighted by atomic mass is 35.5. The normalized spacial score (nSPS) is 10.6. The lowest BCUT2D eigenvalue weighted by Gasteiger charge is -2.10. The second kappa shape index (κ2) is 8.54. The monoisotopic (exact) mass is 408 g/mol. The second-order valence-electron chi connectivity index (χ2n) is 5.38. The minimum absolute atomic E-state index is 0.307. The standard InChI is InChI=1S/C18H15Cl3N4O/c1-2-15-16(21)17(25-10-24-15)22-8-11-3-5-13(6-4-11)26-18-14(20)7-12(19)9-23-18/h3-7,9-10H,2,8H2,1H3,(H,22,24,25). The van der Waals surface area contributed by atoms with Gasteiger partial charge in [-0.2, -0.15) is 0 Å². The maximum Gasteiger partial charge on any atom is 0.238 e. The maximum atomic E-state index is 6.28. The predicted octanol–water partition coefficient (Wildman–Crippen LogP) is 5.80. The molecule has 0 aliphatic rings. The first-order chi connectivity index (χ1) is 12.6. The number of anilines is 1. The zero-order chi connectivity index (χ0) is 18.5. The molecule has 0 atom stereocenters. The van der Waals surface area contributed by atoms with Gasteiger partial charge < -0.3 is 10.1 Å². The predicted molar refractivity (Wildman–Crippen MR) is 105 cm³/mol. The van der Waals surface area contributed by atoms with E-state index in [0.29, 0.717) is 39.1 Å². The van der Waals surface area contributed by atoms with Crippen molar-refractivity contribution in [1.29, 1.82) is 0 Å². The molecule has 0 aliphatic heterocycles. The van der Waals surface area contributed by atoms with E-state index in [-0.39, 0.29) is 0 Å². The summed E-state index contributed by atoms with van der Waals surface area (Å²) in [6.45, 7) is 2.57. The van der Waals surface area contributed by atoms with E-state index in [9.17, 15) is 0 Å². The molecule has 3 aromatic rings. The van der Waals surface area contributed by atoms with Crippen LogP contribution in [0.4, 0.5) is 5.82 Å². The lowest BCUT2D eigenvalue weighted by atomic mass is 10.2. The third kappa shape index (κ3) is 4.55. The topological polar surface area (TPSA) is 59.9 Å². The maximum absolute atomic E-state index is 6.28. The van der Waals surface area contributed by atoms with Crippen LogP contribution in [0.25, 0.3) is 0 Å². The molecule has 0 spiro atoms. The van der Waals surface area contributed by atoms with Crippen LogP contribution in [0.3, 0.4) is 0 Å². The summed E-state index contributed by atoms with van der Waals surface area (Å²) in [6, 6.07) is 9.12. The first kappa shape index (κ1) is 18.7. The first-order valence-corrected chi connectivity index (χ1v) is 9.01. The number of nitrogens with one attached hydrogen (secondary N) is 1. The number of halogens is 3. The number of rotatable bonds is 6. The summed E-state index contributed by atoms with van der Waals surface area (Å²) in [5.74, 6) is 1.55. The van der Waals surface area contributed by atoms with Crippen molar-refractivity contribution >= 4 is 40.6 Å². The van der Waals surface area contributed by atoms with E-state index in [4.69, 9.17) is 39.5 Å². The van der Waals surface area contributed by atoms with E-state index in [1.807, 2.05) is 31.2 Å². The SMILES string of the molecule is CCc1ncnc(NCc2ccc(Oc3ncc(Cl)cc3Cl)cc2)c1Cl. The van der Waals surface area contributed by atoms with E-state index >= 15 is 0 Å². The van der Waals surface area contributed by atoms with Gasteiger partial charge in [-0.1, -0.05) is 53.9 Å². The summed E-state index contributed by atoms with van der Waals surface area (Å²) in [6.07, 6.45) is 3.74. The fourth-order valence-electron chi connectivity index (χ4n) is 2.23. The van der Waals surface area contributed by atoms with Crippen molar-refractivity contribution in [2.24, 2.45) is 0 Å². The number of ether oxygens (including phenoxy) is 1. The molecule has 0 bridgehead atoms. The van der Waals surface area contributed by atoms with Gasteiger partial charge in [0.15, 0.2) is 0 Å². The van der Waals surface area contributed by atoms with Gasteiger partial charge in [0.1, 0.15) is 27.9 Å². The van der Waals surface area contributed by atoms with Gasteiger partial charge >= 0.3 is 0 Å². The van der Waals surface area contributed by atoms with E-state index < -0.39 is 0 Å². The van der Waals surface area contributed by atoms with E-state index in [2.05, 4.69) is 20.3 Å². The number of benzene rings is 1. The number of aryl methyl sites for hydroxylation is 1. The molecule has 0 saturated carbocycles. The molecule has 0 aliphatic carbocycles. The summed E-state index contributed by atoms with van der Waals surface area (Å²) < 4.78 is 5.67. The van der Waals surface area contributed by atoms with Crippen LogP contribution in [-0.2, 0) is 13.0 Å². The van der Waals surface area contributed by atoms with Crippen molar-refractivity contribution in [1.82, 2.24) is 15.0 Å². The highest BCUT2D eigenvalue weighted by molar-refractivity contribution is 6.35. The number of pyridine rings is 1. The van der Waals surface area contributed by atoms with Gasteiger partial charge in [-0.05, 0) is 30.2 Å². The van der Waals surface area contributed by atoms with Gasteiger partial charge in [-0.25, -0.2) is 15.0 Å². The molecule has 0 fully saturated rings. The Kier molecular flexibility index (Phi) is 6.14. The van der Waals surface area contributed by atoms with Crippen LogP contribution in [0, 0.1) is 0 Å². The first-order valence-electron chi connectivity index (χ1n) is 7.88. The molecular formula is C18H15Cl3N4O. The summed E-state index contributed by atoms with van der Waals surface area (Å²) in [7, 11) is 0. The minimum Gasteiger partial charge on any atom is -0.438 e. The number of hydrogen-bond acceptors (Lipinski definition) is 5.